The molecule has 2 aromatic rings. The summed E-state index contributed by atoms with van der Waals surface area (Å²) in [6.07, 6.45) is 3.37. The molecule has 0 saturated carbocycles. The van der Waals surface area contributed by atoms with Crippen molar-refractivity contribution < 1.29 is 14.3 Å². The summed E-state index contributed by atoms with van der Waals surface area (Å²) >= 11 is 6.36. The van der Waals surface area contributed by atoms with Gasteiger partial charge in [-0.15, -0.1) is 5.10 Å². The van der Waals surface area contributed by atoms with Crippen molar-refractivity contribution in [3.05, 3.63) is 29.0 Å². The topological polar surface area (TPSA) is 82.4 Å². The van der Waals surface area contributed by atoms with Crippen LogP contribution < -0.4 is 4.74 Å². The Labute approximate surface area is 163 Å². The minimum Gasteiger partial charge on any atom is -0.496 e. The molecule has 0 spiro atoms. The molecule has 0 radical (unpaired) electrons. The molecule has 3 rings (SSSR count). The third-order valence-corrected chi connectivity index (χ3v) is 4.88. The van der Waals surface area contributed by atoms with Crippen molar-refractivity contribution in [2.24, 2.45) is 5.92 Å². The predicted octanol–water partition coefficient (Wildman–Crippen LogP) is 2.60. The van der Waals surface area contributed by atoms with Gasteiger partial charge in [-0.05, 0) is 35.3 Å². The van der Waals surface area contributed by atoms with Crippen LogP contribution in [0, 0.1) is 5.92 Å². The fourth-order valence-corrected chi connectivity index (χ4v) is 3.27. The van der Waals surface area contributed by atoms with Crippen LogP contribution in [-0.4, -0.2) is 63.9 Å². The van der Waals surface area contributed by atoms with E-state index in [-0.39, 0.29) is 12.0 Å². The highest BCUT2D eigenvalue weighted by Gasteiger charge is 2.29. The van der Waals surface area contributed by atoms with Gasteiger partial charge in [0.05, 0.1) is 29.5 Å². The number of benzene rings is 1. The molecule has 0 bridgehead atoms. The molecule has 1 aliphatic rings. The summed E-state index contributed by atoms with van der Waals surface area (Å²) in [5, 5.41) is 11.4. The van der Waals surface area contributed by atoms with Gasteiger partial charge in [0.1, 0.15) is 12.1 Å². The molecule has 1 unspecified atom stereocenters. The molecule has 0 aliphatic carbocycles. The van der Waals surface area contributed by atoms with E-state index in [1.54, 1.807) is 17.0 Å². The molecule has 9 heteroatoms. The first-order chi connectivity index (χ1) is 13.0. The van der Waals surface area contributed by atoms with Crippen molar-refractivity contribution in [2.75, 3.05) is 26.8 Å². The summed E-state index contributed by atoms with van der Waals surface area (Å²) in [4.78, 5) is 14.8. The van der Waals surface area contributed by atoms with E-state index in [1.807, 2.05) is 0 Å². The average molecular weight is 394 g/mol. The molecule has 0 N–H and O–H groups in total. The predicted molar refractivity (Wildman–Crippen MR) is 100 cm³/mol. The number of carbonyl (C=O) groups excluding carboxylic acids is 1. The molecule has 1 atom stereocenters. The Hall–Kier alpha value is -2.19. The van der Waals surface area contributed by atoms with Gasteiger partial charge in [-0.1, -0.05) is 25.4 Å². The molecule has 27 heavy (non-hydrogen) atoms. The monoisotopic (exact) mass is 393 g/mol. The summed E-state index contributed by atoms with van der Waals surface area (Å²) in [5.41, 5.74) is 0.966. The maximum atomic E-state index is 13.0. The van der Waals surface area contributed by atoms with Crippen molar-refractivity contribution in [3.8, 4) is 11.4 Å². The van der Waals surface area contributed by atoms with Crippen LogP contribution in [0.15, 0.2) is 18.5 Å². The number of hydrogen-bond donors (Lipinski definition) is 0. The number of aromatic nitrogens is 4. The third-order valence-electron chi connectivity index (χ3n) is 4.58. The minimum atomic E-state index is -0.119. The lowest BCUT2D eigenvalue weighted by molar-refractivity contribution is 0.0483. The third kappa shape index (κ3) is 4.56. The highest BCUT2D eigenvalue weighted by atomic mass is 35.5. The quantitative estimate of drug-likeness (QED) is 0.719. The SMILES string of the molecule is COc1cc(-n2cnnn2)c(Cl)cc1C(=O)N1CCC(OCCC(C)C)C1. The van der Waals surface area contributed by atoms with Gasteiger partial charge < -0.3 is 14.4 Å². The van der Waals surface area contributed by atoms with Crippen LogP contribution in [0.1, 0.15) is 37.0 Å². The number of hydrogen-bond acceptors (Lipinski definition) is 6. The van der Waals surface area contributed by atoms with Gasteiger partial charge in [-0.25, -0.2) is 0 Å². The smallest absolute Gasteiger partial charge is 0.257 e. The van der Waals surface area contributed by atoms with Gasteiger partial charge >= 0.3 is 0 Å². The molecule has 1 saturated heterocycles. The number of nitrogens with zero attached hydrogens (tertiary/aromatic N) is 5. The van der Waals surface area contributed by atoms with E-state index < -0.39 is 0 Å². The fraction of sp³-hybridized carbons (Fsp3) is 0.556. The van der Waals surface area contributed by atoms with Crippen LogP contribution in [0.5, 0.6) is 5.75 Å². The second-order valence-electron chi connectivity index (χ2n) is 6.97. The van der Waals surface area contributed by atoms with Crippen LogP contribution in [0.2, 0.25) is 5.02 Å². The summed E-state index contributed by atoms with van der Waals surface area (Å²) in [5.74, 6) is 0.917. The van der Waals surface area contributed by atoms with Gasteiger partial charge in [-0.3, -0.25) is 4.79 Å². The summed E-state index contributed by atoms with van der Waals surface area (Å²) in [6.45, 7) is 6.29. The van der Waals surface area contributed by atoms with Gasteiger partial charge in [-0.2, -0.15) is 4.68 Å². The van der Waals surface area contributed by atoms with E-state index in [9.17, 15) is 4.79 Å². The fourth-order valence-electron chi connectivity index (χ4n) is 3.02. The normalized spacial score (nSPS) is 16.9. The van der Waals surface area contributed by atoms with Gasteiger partial charge in [0.2, 0.25) is 0 Å². The summed E-state index contributed by atoms with van der Waals surface area (Å²) < 4.78 is 12.7. The standard InChI is InChI=1S/C18H24ClN5O3/c1-12(2)5-7-27-13-4-6-23(10-13)18(25)14-8-15(19)16(9-17(14)26-3)24-11-20-21-22-24/h8-9,11-13H,4-7,10H2,1-3H3. The first-order valence-electron chi connectivity index (χ1n) is 9.01. The maximum Gasteiger partial charge on any atom is 0.257 e. The number of tetrazole rings is 1. The highest BCUT2D eigenvalue weighted by Crippen LogP contribution is 2.31. The Morgan fingerprint density at radius 2 is 2.22 bits per heavy atom. The number of amides is 1. The number of likely N-dealkylation sites (tertiary alicyclic amines) is 1. The molecular formula is C18H24ClN5O3. The molecule has 1 aromatic heterocycles. The van der Waals surface area contributed by atoms with Gasteiger partial charge in [0.15, 0.2) is 0 Å². The van der Waals surface area contributed by atoms with Crippen LogP contribution in [-0.2, 0) is 4.74 Å². The summed E-state index contributed by atoms with van der Waals surface area (Å²) in [6, 6.07) is 3.27. The van der Waals surface area contributed by atoms with E-state index in [0.29, 0.717) is 41.0 Å². The lowest BCUT2D eigenvalue weighted by atomic mass is 10.1. The second kappa shape index (κ2) is 8.67. The average Bonchev–Trinajstić information content (AvgIpc) is 3.32. The molecular weight excluding hydrogens is 370 g/mol. The minimum absolute atomic E-state index is 0.0784. The largest absolute Gasteiger partial charge is 0.496 e. The van der Waals surface area contributed by atoms with E-state index >= 15 is 0 Å². The molecule has 1 fully saturated rings. The number of rotatable bonds is 7. The van der Waals surface area contributed by atoms with Crippen molar-refractivity contribution in [1.82, 2.24) is 25.1 Å². The Kier molecular flexibility index (Phi) is 6.28. The van der Waals surface area contributed by atoms with Crippen LogP contribution in [0.3, 0.4) is 0 Å². The van der Waals surface area contributed by atoms with E-state index in [0.717, 1.165) is 19.4 Å². The number of ether oxygens (including phenoxy) is 2. The Morgan fingerprint density at radius 1 is 1.41 bits per heavy atom. The first-order valence-corrected chi connectivity index (χ1v) is 9.39. The zero-order valence-corrected chi connectivity index (χ0v) is 16.5. The Bertz CT molecular complexity index is 782. The molecule has 8 nitrogen and oxygen atoms in total. The first kappa shape index (κ1) is 19.6. The second-order valence-corrected chi connectivity index (χ2v) is 7.38. The van der Waals surface area contributed by atoms with E-state index in [1.165, 1.54) is 18.1 Å². The molecule has 1 aromatic carbocycles. The van der Waals surface area contributed by atoms with E-state index in [2.05, 4.69) is 29.4 Å². The van der Waals surface area contributed by atoms with Crippen LogP contribution in [0.25, 0.3) is 5.69 Å². The molecule has 146 valence electrons. The van der Waals surface area contributed by atoms with Gasteiger partial charge in [0.25, 0.3) is 5.91 Å². The van der Waals surface area contributed by atoms with Crippen molar-refractivity contribution >= 4 is 17.5 Å². The lowest BCUT2D eigenvalue weighted by Crippen LogP contribution is -2.30. The van der Waals surface area contributed by atoms with E-state index in [4.69, 9.17) is 21.1 Å². The van der Waals surface area contributed by atoms with Crippen molar-refractivity contribution in [3.63, 3.8) is 0 Å². The molecule has 1 aliphatic heterocycles. The number of halogens is 1. The van der Waals surface area contributed by atoms with Crippen molar-refractivity contribution in [2.45, 2.75) is 32.8 Å². The zero-order chi connectivity index (χ0) is 19.4. The van der Waals surface area contributed by atoms with Crippen LogP contribution in [0.4, 0.5) is 0 Å². The number of carbonyl (C=O) groups is 1. The lowest BCUT2D eigenvalue weighted by Gasteiger charge is -2.19. The van der Waals surface area contributed by atoms with Gasteiger partial charge in [0, 0.05) is 25.8 Å². The number of methoxy groups -OCH3 is 1. The Morgan fingerprint density at radius 3 is 2.89 bits per heavy atom. The van der Waals surface area contributed by atoms with Crippen LogP contribution >= 0.6 is 11.6 Å². The maximum absolute atomic E-state index is 13.0. The summed E-state index contributed by atoms with van der Waals surface area (Å²) in [7, 11) is 1.52. The highest BCUT2D eigenvalue weighted by molar-refractivity contribution is 6.33. The molecule has 2 heterocycles. The Balaban J connectivity index is 1.72. The molecule has 1 amide bonds. The van der Waals surface area contributed by atoms with Crippen molar-refractivity contribution in [1.29, 1.82) is 0 Å². The zero-order valence-electron chi connectivity index (χ0n) is 15.8.